The number of carbonyl (C=O) groups is 1. The van der Waals surface area contributed by atoms with E-state index in [9.17, 15) is 26.7 Å². The summed E-state index contributed by atoms with van der Waals surface area (Å²) in [6.45, 7) is 0.164. The largest absolute Gasteiger partial charge is 0.477 e. The molecule has 0 aliphatic heterocycles. The van der Waals surface area contributed by atoms with Crippen LogP contribution in [-0.4, -0.2) is 29.1 Å². The fraction of sp³-hybridized carbons (Fsp3) is 0.800. The van der Waals surface area contributed by atoms with Gasteiger partial charge in [0.05, 0.1) is 0 Å². The standard InChI is InChI=1S/C5H5F5O2/c1-2(6)4(7,8)5(9,10)3(11)12/h2H,1H3,(H,11,12). The van der Waals surface area contributed by atoms with Crippen LogP contribution < -0.4 is 0 Å². The molecule has 1 atom stereocenters. The van der Waals surface area contributed by atoms with E-state index in [0.29, 0.717) is 0 Å². The minimum Gasteiger partial charge on any atom is -0.477 e. The highest BCUT2D eigenvalue weighted by molar-refractivity contribution is 5.76. The molecule has 0 heterocycles. The SMILES string of the molecule is CC(F)C(F)(F)C(F)(F)C(=O)O. The van der Waals surface area contributed by atoms with Crippen molar-refractivity contribution in [3.8, 4) is 0 Å². The summed E-state index contributed by atoms with van der Waals surface area (Å²) in [5.74, 6) is -13.6. The maximum Gasteiger partial charge on any atom is 0.407 e. The van der Waals surface area contributed by atoms with Crippen molar-refractivity contribution in [2.45, 2.75) is 24.9 Å². The molecule has 72 valence electrons. The predicted octanol–water partition coefficient (Wildman–Crippen LogP) is 1.70. The van der Waals surface area contributed by atoms with Gasteiger partial charge in [-0.05, 0) is 6.92 Å². The number of rotatable bonds is 3. The molecule has 0 fully saturated rings. The van der Waals surface area contributed by atoms with Crippen LogP contribution in [0.25, 0.3) is 0 Å². The number of carboxylic acids is 1. The summed E-state index contributed by atoms with van der Waals surface area (Å²) in [4.78, 5) is 9.58. The Hall–Kier alpha value is -0.880. The van der Waals surface area contributed by atoms with Crippen molar-refractivity contribution in [1.82, 2.24) is 0 Å². The average Bonchev–Trinajstić information content (AvgIpc) is 1.86. The Morgan fingerprint density at radius 1 is 1.33 bits per heavy atom. The first kappa shape index (κ1) is 11.1. The van der Waals surface area contributed by atoms with Gasteiger partial charge < -0.3 is 5.11 Å². The van der Waals surface area contributed by atoms with Gasteiger partial charge in [0, 0.05) is 0 Å². The van der Waals surface area contributed by atoms with Crippen LogP contribution in [0.2, 0.25) is 0 Å². The Morgan fingerprint density at radius 2 is 1.67 bits per heavy atom. The van der Waals surface area contributed by atoms with Gasteiger partial charge in [-0.2, -0.15) is 17.6 Å². The maximum atomic E-state index is 12.1. The number of aliphatic carboxylic acids is 1. The lowest BCUT2D eigenvalue weighted by molar-refractivity contribution is -0.241. The summed E-state index contributed by atoms with van der Waals surface area (Å²) in [5.41, 5.74) is 0. The Morgan fingerprint density at radius 3 is 1.75 bits per heavy atom. The first-order valence-corrected chi connectivity index (χ1v) is 2.77. The first-order valence-electron chi connectivity index (χ1n) is 2.77. The topological polar surface area (TPSA) is 37.3 Å². The van der Waals surface area contributed by atoms with Crippen molar-refractivity contribution in [2.75, 3.05) is 0 Å². The zero-order chi connectivity index (χ0) is 10.2. The van der Waals surface area contributed by atoms with Crippen LogP contribution >= 0.6 is 0 Å². The Labute approximate surface area is 64.0 Å². The molecule has 0 aromatic rings. The Kier molecular flexibility index (Phi) is 2.66. The molecule has 0 saturated heterocycles. The highest BCUT2D eigenvalue weighted by atomic mass is 19.3. The molecule has 1 N–H and O–H groups in total. The highest BCUT2D eigenvalue weighted by Crippen LogP contribution is 2.38. The maximum absolute atomic E-state index is 12.1. The van der Waals surface area contributed by atoms with E-state index in [1.54, 1.807) is 0 Å². The molecule has 0 aliphatic rings. The molecule has 7 heteroatoms. The smallest absolute Gasteiger partial charge is 0.407 e. The van der Waals surface area contributed by atoms with Crippen LogP contribution in [0.3, 0.4) is 0 Å². The van der Waals surface area contributed by atoms with E-state index in [1.165, 1.54) is 0 Å². The predicted molar refractivity (Wildman–Crippen MR) is 28.1 cm³/mol. The molecule has 0 radical (unpaired) electrons. The van der Waals surface area contributed by atoms with Crippen LogP contribution in [0.5, 0.6) is 0 Å². The minimum atomic E-state index is -5.37. The van der Waals surface area contributed by atoms with Crippen molar-refractivity contribution in [2.24, 2.45) is 0 Å². The van der Waals surface area contributed by atoms with Gasteiger partial charge >= 0.3 is 17.8 Å². The van der Waals surface area contributed by atoms with Gasteiger partial charge in [0.1, 0.15) is 0 Å². The monoisotopic (exact) mass is 192 g/mol. The van der Waals surface area contributed by atoms with E-state index in [2.05, 4.69) is 0 Å². The minimum absolute atomic E-state index is 0.164. The van der Waals surface area contributed by atoms with Gasteiger partial charge in [0.25, 0.3) is 0 Å². The van der Waals surface area contributed by atoms with E-state index in [0.717, 1.165) is 0 Å². The van der Waals surface area contributed by atoms with E-state index in [-0.39, 0.29) is 6.92 Å². The van der Waals surface area contributed by atoms with Crippen LogP contribution in [0.15, 0.2) is 0 Å². The molecule has 2 nitrogen and oxygen atoms in total. The zero-order valence-electron chi connectivity index (χ0n) is 5.82. The summed E-state index contributed by atoms with van der Waals surface area (Å²) in [6.07, 6.45) is -3.22. The fourth-order valence-corrected chi connectivity index (χ4v) is 0.392. The molecule has 0 aliphatic carbocycles. The number of hydrogen-bond acceptors (Lipinski definition) is 1. The molecule has 0 aromatic heterocycles. The fourth-order valence-electron chi connectivity index (χ4n) is 0.392. The second kappa shape index (κ2) is 2.87. The molecule has 12 heavy (non-hydrogen) atoms. The molecular weight excluding hydrogens is 187 g/mol. The summed E-state index contributed by atoms with van der Waals surface area (Å²) >= 11 is 0. The molecule has 0 aromatic carbocycles. The molecule has 0 saturated carbocycles. The molecule has 0 amide bonds. The van der Waals surface area contributed by atoms with E-state index < -0.39 is 24.0 Å². The summed E-state index contributed by atoms with van der Waals surface area (Å²) in [7, 11) is 0. The Bertz CT molecular complexity index is 188. The molecular formula is C5H5F5O2. The summed E-state index contributed by atoms with van der Waals surface area (Å²) in [5, 5.41) is 7.63. The average molecular weight is 192 g/mol. The van der Waals surface area contributed by atoms with E-state index >= 15 is 0 Å². The third-order valence-electron chi connectivity index (χ3n) is 1.19. The van der Waals surface area contributed by atoms with Gasteiger partial charge in [-0.25, -0.2) is 9.18 Å². The third kappa shape index (κ3) is 1.49. The van der Waals surface area contributed by atoms with Gasteiger partial charge in [-0.3, -0.25) is 0 Å². The number of alkyl halides is 5. The lowest BCUT2D eigenvalue weighted by atomic mass is 10.1. The van der Waals surface area contributed by atoms with Crippen LogP contribution in [0.4, 0.5) is 22.0 Å². The van der Waals surface area contributed by atoms with E-state index in [1.807, 2.05) is 0 Å². The third-order valence-corrected chi connectivity index (χ3v) is 1.19. The van der Waals surface area contributed by atoms with Crippen LogP contribution in [0.1, 0.15) is 6.92 Å². The quantitative estimate of drug-likeness (QED) is 0.691. The molecule has 1 unspecified atom stereocenters. The van der Waals surface area contributed by atoms with Gasteiger partial charge in [0.2, 0.25) is 0 Å². The highest BCUT2D eigenvalue weighted by Gasteiger charge is 2.65. The van der Waals surface area contributed by atoms with Crippen LogP contribution in [-0.2, 0) is 4.79 Å². The van der Waals surface area contributed by atoms with Crippen molar-refractivity contribution in [3.05, 3.63) is 0 Å². The summed E-state index contributed by atoms with van der Waals surface area (Å²) in [6, 6.07) is 0. The van der Waals surface area contributed by atoms with Gasteiger partial charge in [-0.1, -0.05) is 0 Å². The second-order valence-corrected chi connectivity index (χ2v) is 2.12. The van der Waals surface area contributed by atoms with Crippen molar-refractivity contribution in [3.63, 3.8) is 0 Å². The van der Waals surface area contributed by atoms with Crippen molar-refractivity contribution >= 4 is 5.97 Å². The lowest BCUT2D eigenvalue weighted by Gasteiger charge is -2.23. The van der Waals surface area contributed by atoms with Crippen molar-refractivity contribution in [1.29, 1.82) is 0 Å². The zero-order valence-corrected chi connectivity index (χ0v) is 5.82. The molecule has 0 bridgehead atoms. The first-order chi connectivity index (χ1) is 5.14. The van der Waals surface area contributed by atoms with Crippen LogP contribution in [0, 0.1) is 0 Å². The molecule has 0 rings (SSSR count). The Balaban J connectivity index is 4.88. The summed E-state index contributed by atoms with van der Waals surface area (Å²) < 4.78 is 60.0. The lowest BCUT2D eigenvalue weighted by Crippen LogP contribution is -2.52. The van der Waals surface area contributed by atoms with Crippen molar-refractivity contribution < 1.29 is 31.9 Å². The van der Waals surface area contributed by atoms with Gasteiger partial charge in [-0.15, -0.1) is 0 Å². The number of halogens is 5. The molecule has 0 spiro atoms. The number of hydrogen-bond donors (Lipinski definition) is 1. The van der Waals surface area contributed by atoms with E-state index in [4.69, 9.17) is 5.11 Å². The second-order valence-electron chi connectivity index (χ2n) is 2.12. The normalized spacial score (nSPS) is 15.8. The number of carboxylic acid groups (broad SMARTS) is 1. The van der Waals surface area contributed by atoms with Gasteiger partial charge in [0.15, 0.2) is 6.17 Å².